The van der Waals surface area contributed by atoms with Crippen LogP contribution >= 0.6 is 59.1 Å². The minimum absolute atomic E-state index is 0. The van der Waals surface area contributed by atoms with Gasteiger partial charge in [-0.25, -0.2) is 0 Å². The van der Waals surface area contributed by atoms with Crippen molar-refractivity contribution in [1.29, 1.82) is 0 Å². The van der Waals surface area contributed by atoms with E-state index >= 15 is 0 Å². The van der Waals surface area contributed by atoms with Crippen molar-refractivity contribution in [3.05, 3.63) is 110 Å². The molecule has 0 aliphatic heterocycles. The number of thiophene rings is 1. The largest absolute Gasteiger partial charge is 1.00 e. The van der Waals surface area contributed by atoms with E-state index < -0.39 is 12.1 Å². The van der Waals surface area contributed by atoms with Crippen LogP contribution in [-0.2, 0) is 11.2 Å². The van der Waals surface area contributed by atoms with Crippen molar-refractivity contribution in [1.82, 2.24) is 0 Å². The summed E-state index contributed by atoms with van der Waals surface area (Å²) in [5.74, 6) is -0.839. The minimum Gasteiger partial charge on any atom is -0.546 e. The molecule has 8 heteroatoms. The number of aliphatic carboxylic acids is 1. The molecule has 0 unspecified atom stereocenters. The Balaban J connectivity index is 0.00000308. The Bertz CT molecular complexity index is 1830. The van der Waals surface area contributed by atoms with E-state index in [-0.39, 0.29) is 36.0 Å². The molecular formula is C31H18Br3NaO3S. The summed E-state index contributed by atoms with van der Waals surface area (Å²) in [6.45, 7) is 0. The molecule has 6 rings (SSSR count). The second-order valence-electron chi connectivity index (χ2n) is 8.92. The number of carboxylic acid groups (broad SMARTS) is 1. The Morgan fingerprint density at radius 2 is 1.41 bits per heavy atom. The Kier molecular flexibility index (Phi) is 8.89. The fourth-order valence-corrected chi connectivity index (χ4v) is 8.18. The van der Waals surface area contributed by atoms with E-state index in [1.165, 1.54) is 20.2 Å². The molecule has 188 valence electrons. The second kappa shape index (κ2) is 12.0. The van der Waals surface area contributed by atoms with Gasteiger partial charge in [0.1, 0.15) is 11.9 Å². The molecule has 6 aromatic rings. The van der Waals surface area contributed by atoms with Crippen molar-refractivity contribution in [3.63, 3.8) is 0 Å². The summed E-state index contributed by atoms with van der Waals surface area (Å²) in [4.78, 5) is 12.0. The van der Waals surface area contributed by atoms with E-state index in [1.807, 2.05) is 54.6 Å². The van der Waals surface area contributed by atoms with Gasteiger partial charge < -0.3 is 14.6 Å². The maximum atomic E-state index is 12.0. The van der Waals surface area contributed by atoms with Crippen molar-refractivity contribution < 1.29 is 44.2 Å². The Hall–Kier alpha value is -1.71. The molecule has 0 radical (unpaired) electrons. The quantitative estimate of drug-likeness (QED) is 0.201. The summed E-state index contributed by atoms with van der Waals surface area (Å²) >= 11 is 13.0. The molecule has 0 amide bonds. The van der Waals surface area contributed by atoms with Crippen LogP contribution in [0.4, 0.5) is 0 Å². The van der Waals surface area contributed by atoms with Gasteiger partial charge in [-0.3, -0.25) is 0 Å². The fraction of sp³-hybridized carbons (Fsp3) is 0.0645. The monoisotopic (exact) mass is 730 g/mol. The second-order valence-corrected chi connectivity index (χ2v) is 12.5. The predicted octanol–water partition coefficient (Wildman–Crippen LogP) is 5.91. The first-order valence-corrected chi connectivity index (χ1v) is 15.0. The SMILES string of the molecule is O=C([O-])[C@@H](Cc1ccccc1)Oc1c(Br)cc(-c2c3ccccc3c(Br)c3sc4ccccc4c23)cc1Br.[Na+]. The van der Waals surface area contributed by atoms with Crippen LogP contribution in [-0.4, -0.2) is 12.1 Å². The third-order valence-corrected chi connectivity index (χ3v) is 10.0. The molecular weight excluding hydrogens is 715 g/mol. The van der Waals surface area contributed by atoms with Crippen molar-refractivity contribution in [2.45, 2.75) is 12.5 Å². The van der Waals surface area contributed by atoms with E-state index in [2.05, 4.69) is 84.2 Å². The number of halogens is 3. The van der Waals surface area contributed by atoms with Crippen LogP contribution in [0.15, 0.2) is 104 Å². The zero-order chi connectivity index (χ0) is 26.4. The number of carboxylic acids is 1. The average molecular weight is 733 g/mol. The Morgan fingerprint density at radius 1 is 0.821 bits per heavy atom. The first-order chi connectivity index (χ1) is 18.4. The fourth-order valence-electron chi connectivity index (χ4n) is 4.86. The maximum Gasteiger partial charge on any atom is 1.00 e. The van der Waals surface area contributed by atoms with Crippen LogP contribution in [0.5, 0.6) is 5.75 Å². The summed E-state index contributed by atoms with van der Waals surface area (Å²) < 4.78 is 10.8. The number of hydrogen-bond donors (Lipinski definition) is 0. The Labute approximate surface area is 276 Å². The number of rotatable bonds is 6. The summed E-state index contributed by atoms with van der Waals surface area (Å²) in [5, 5.41) is 16.6. The Morgan fingerprint density at radius 3 is 2.08 bits per heavy atom. The van der Waals surface area contributed by atoms with Gasteiger partial charge in [-0.2, -0.15) is 0 Å². The van der Waals surface area contributed by atoms with E-state index in [0.717, 1.165) is 31.9 Å². The third-order valence-electron chi connectivity index (χ3n) is 6.55. The van der Waals surface area contributed by atoms with Gasteiger partial charge in [0.05, 0.1) is 19.6 Å². The maximum absolute atomic E-state index is 12.0. The summed E-state index contributed by atoms with van der Waals surface area (Å²) in [6, 6.07) is 30.2. The standard InChI is InChI=1S/C31H19Br3O3S.Na/c32-22-15-18(16-23(33)29(22)37-24(31(35)36)14-17-8-2-1-3-9-17)26-19-10-4-5-11-20(19)28(34)30-27(26)21-12-6-7-13-25(21)38-30;/h1-13,15-16,24H,14H2,(H,35,36);/q;+1/p-1/t24-;/m1./s1. The number of benzene rings is 5. The van der Waals surface area contributed by atoms with Gasteiger partial charge in [-0.1, -0.05) is 72.8 Å². The molecule has 0 bridgehead atoms. The summed E-state index contributed by atoms with van der Waals surface area (Å²) in [6.07, 6.45) is -0.945. The van der Waals surface area contributed by atoms with Gasteiger partial charge in [-0.05, 0) is 93.5 Å². The molecule has 0 aliphatic carbocycles. The number of hydrogen-bond acceptors (Lipinski definition) is 4. The van der Waals surface area contributed by atoms with Crippen LogP contribution in [0.2, 0.25) is 0 Å². The van der Waals surface area contributed by atoms with Gasteiger partial charge in [-0.15, -0.1) is 11.3 Å². The number of carbonyl (C=O) groups excluding carboxylic acids is 1. The molecule has 0 N–H and O–H groups in total. The third kappa shape index (κ3) is 5.47. The number of fused-ring (bicyclic) bond motifs is 4. The van der Waals surface area contributed by atoms with Crippen molar-refractivity contribution in [2.75, 3.05) is 0 Å². The van der Waals surface area contributed by atoms with E-state index in [0.29, 0.717) is 14.7 Å². The zero-order valence-electron chi connectivity index (χ0n) is 20.7. The molecule has 1 atom stereocenters. The number of carbonyl (C=O) groups is 1. The molecule has 0 saturated carbocycles. The van der Waals surface area contributed by atoms with Crippen LogP contribution in [0.1, 0.15) is 5.56 Å². The first kappa shape index (κ1) is 28.8. The predicted molar refractivity (Wildman–Crippen MR) is 165 cm³/mol. The molecule has 0 saturated heterocycles. The number of ether oxygens (including phenoxy) is 1. The van der Waals surface area contributed by atoms with Gasteiger partial charge in [0, 0.05) is 26.4 Å². The van der Waals surface area contributed by atoms with Crippen LogP contribution in [0.25, 0.3) is 42.1 Å². The molecule has 1 heterocycles. The van der Waals surface area contributed by atoms with Gasteiger partial charge in [0.15, 0.2) is 0 Å². The van der Waals surface area contributed by atoms with Crippen LogP contribution < -0.4 is 39.4 Å². The topological polar surface area (TPSA) is 49.4 Å². The van der Waals surface area contributed by atoms with E-state index in [1.54, 1.807) is 11.3 Å². The first-order valence-electron chi connectivity index (χ1n) is 11.8. The molecule has 3 nitrogen and oxygen atoms in total. The van der Waals surface area contributed by atoms with Crippen LogP contribution in [0, 0.1) is 0 Å². The molecule has 1 aromatic heterocycles. The van der Waals surface area contributed by atoms with Crippen molar-refractivity contribution in [3.8, 4) is 16.9 Å². The average Bonchev–Trinajstić information content (AvgIpc) is 3.30. The minimum atomic E-state index is -1.26. The van der Waals surface area contributed by atoms with Gasteiger partial charge in [0.25, 0.3) is 0 Å². The molecule has 0 fully saturated rings. The normalized spacial score (nSPS) is 12.0. The van der Waals surface area contributed by atoms with Gasteiger partial charge >= 0.3 is 29.6 Å². The van der Waals surface area contributed by atoms with E-state index in [4.69, 9.17) is 4.74 Å². The zero-order valence-corrected chi connectivity index (χ0v) is 28.3. The summed E-state index contributed by atoms with van der Waals surface area (Å²) in [5.41, 5.74) is 2.96. The van der Waals surface area contributed by atoms with Crippen molar-refractivity contribution in [2.24, 2.45) is 0 Å². The van der Waals surface area contributed by atoms with Crippen LogP contribution in [0.3, 0.4) is 0 Å². The summed E-state index contributed by atoms with van der Waals surface area (Å²) in [7, 11) is 0. The molecule has 5 aromatic carbocycles. The molecule has 0 spiro atoms. The van der Waals surface area contributed by atoms with E-state index in [9.17, 15) is 9.90 Å². The van der Waals surface area contributed by atoms with Gasteiger partial charge in [0.2, 0.25) is 0 Å². The molecule has 39 heavy (non-hydrogen) atoms. The van der Waals surface area contributed by atoms with Crippen molar-refractivity contribution >= 4 is 96.0 Å². The molecule has 0 aliphatic rings. The smallest absolute Gasteiger partial charge is 0.546 e.